The summed E-state index contributed by atoms with van der Waals surface area (Å²) >= 11 is 1.57. The van der Waals surface area contributed by atoms with Crippen LogP contribution in [0.2, 0.25) is 0 Å². The van der Waals surface area contributed by atoms with Gasteiger partial charge in [0.2, 0.25) is 0 Å². The highest BCUT2D eigenvalue weighted by Crippen LogP contribution is 2.33. The van der Waals surface area contributed by atoms with Gasteiger partial charge in [-0.25, -0.2) is 4.79 Å². The largest absolute Gasteiger partial charge is 0.491 e. The molecule has 1 aromatic rings. The molecule has 0 bridgehead atoms. The molecule has 2 N–H and O–H groups in total. The van der Waals surface area contributed by atoms with Crippen LogP contribution in [0.3, 0.4) is 0 Å². The van der Waals surface area contributed by atoms with Gasteiger partial charge in [0.1, 0.15) is 29.8 Å². The Hall–Kier alpha value is -1.68. The number of nitrogens with one attached hydrogen (secondary N) is 2. The number of hydrogen-bond donors (Lipinski definition) is 2. The van der Waals surface area contributed by atoms with E-state index in [0.717, 1.165) is 22.9 Å². The summed E-state index contributed by atoms with van der Waals surface area (Å²) in [5.41, 5.74) is -0.499. The Kier molecular flexibility index (Phi) is 9.86. The normalized spacial score (nSPS) is 16.3. The number of alkyl carbamates (subject to hydrolysis) is 1. The van der Waals surface area contributed by atoms with E-state index in [9.17, 15) is 4.79 Å². The molecule has 1 heterocycles. The molecule has 0 radical (unpaired) electrons. The van der Waals surface area contributed by atoms with Gasteiger partial charge < -0.3 is 29.0 Å². The van der Waals surface area contributed by atoms with Crippen molar-refractivity contribution in [2.75, 3.05) is 46.1 Å². The molecule has 1 amide bonds. The van der Waals surface area contributed by atoms with Crippen molar-refractivity contribution in [2.45, 2.75) is 44.3 Å². The molecule has 0 saturated carbocycles. The van der Waals surface area contributed by atoms with Crippen molar-refractivity contribution in [3.63, 3.8) is 0 Å². The van der Waals surface area contributed by atoms with Crippen molar-refractivity contribution in [2.24, 2.45) is 0 Å². The number of rotatable bonds is 10. The van der Waals surface area contributed by atoms with Gasteiger partial charge in [-0.2, -0.15) is 0 Å². The SMILES string of the molecule is CC1CNSc2ccc(OCCOCCOCCNC(=O)OC(C)(C)C)cc2O1. The van der Waals surface area contributed by atoms with Crippen LogP contribution in [0, 0.1) is 0 Å². The monoisotopic (exact) mass is 428 g/mol. The highest BCUT2D eigenvalue weighted by Gasteiger charge is 2.16. The molecule has 164 valence electrons. The highest BCUT2D eigenvalue weighted by atomic mass is 32.2. The summed E-state index contributed by atoms with van der Waals surface area (Å²) in [7, 11) is 0. The lowest BCUT2D eigenvalue weighted by Gasteiger charge is -2.19. The predicted octanol–water partition coefficient (Wildman–Crippen LogP) is 3.00. The zero-order chi connectivity index (χ0) is 21.1. The first-order valence-electron chi connectivity index (χ1n) is 9.79. The summed E-state index contributed by atoms with van der Waals surface area (Å²) in [5.74, 6) is 1.59. The second-order valence-corrected chi connectivity index (χ2v) is 8.42. The van der Waals surface area contributed by atoms with Crippen molar-refractivity contribution >= 4 is 18.0 Å². The summed E-state index contributed by atoms with van der Waals surface area (Å²) in [6.45, 7) is 10.9. The zero-order valence-electron chi connectivity index (χ0n) is 17.6. The van der Waals surface area contributed by atoms with Crippen LogP contribution in [-0.2, 0) is 14.2 Å². The van der Waals surface area contributed by atoms with Crippen LogP contribution in [0.5, 0.6) is 11.5 Å². The van der Waals surface area contributed by atoms with Gasteiger partial charge in [-0.1, -0.05) is 0 Å². The Labute approximate surface area is 177 Å². The average molecular weight is 429 g/mol. The molecule has 1 aliphatic heterocycles. The number of carbonyl (C=O) groups is 1. The summed E-state index contributed by atoms with van der Waals surface area (Å²) in [5, 5.41) is 2.63. The average Bonchev–Trinajstić information content (AvgIpc) is 2.81. The Bertz CT molecular complexity index is 638. The Morgan fingerprint density at radius 2 is 1.93 bits per heavy atom. The topological polar surface area (TPSA) is 87.3 Å². The third kappa shape index (κ3) is 10.1. The third-order valence-corrected chi connectivity index (χ3v) is 4.45. The van der Waals surface area contributed by atoms with Crippen molar-refractivity contribution in [3.05, 3.63) is 18.2 Å². The maximum absolute atomic E-state index is 11.5. The maximum Gasteiger partial charge on any atom is 0.407 e. The van der Waals surface area contributed by atoms with E-state index in [1.165, 1.54) is 0 Å². The molecular weight excluding hydrogens is 396 g/mol. The fourth-order valence-corrected chi connectivity index (χ4v) is 3.15. The van der Waals surface area contributed by atoms with Gasteiger partial charge >= 0.3 is 6.09 Å². The Morgan fingerprint density at radius 1 is 1.21 bits per heavy atom. The third-order valence-electron chi connectivity index (χ3n) is 3.58. The van der Waals surface area contributed by atoms with Crippen LogP contribution in [0.4, 0.5) is 4.79 Å². The van der Waals surface area contributed by atoms with Gasteiger partial charge in [0.25, 0.3) is 0 Å². The van der Waals surface area contributed by atoms with E-state index in [1.54, 1.807) is 11.9 Å². The van der Waals surface area contributed by atoms with E-state index in [0.29, 0.717) is 39.6 Å². The molecule has 0 aromatic heterocycles. The summed E-state index contributed by atoms with van der Waals surface area (Å²) in [6, 6.07) is 5.82. The number of fused-ring (bicyclic) bond motifs is 1. The number of benzene rings is 1. The smallest absolute Gasteiger partial charge is 0.407 e. The Morgan fingerprint density at radius 3 is 2.69 bits per heavy atom. The zero-order valence-corrected chi connectivity index (χ0v) is 18.4. The van der Waals surface area contributed by atoms with E-state index in [1.807, 2.05) is 45.9 Å². The molecule has 1 unspecified atom stereocenters. The second kappa shape index (κ2) is 12.1. The first-order chi connectivity index (χ1) is 13.8. The maximum atomic E-state index is 11.5. The molecule has 0 aliphatic carbocycles. The molecule has 2 rings (SSSR count). The molecule has 29 heavy (non-hydrogen) atoms. The molecule has 0 spiro atoms. The van der Waals surface area contributed by atoms with Crippen LogP contribution in [-0.4, -0.2) is 63.9 Å². The fourth-order valence-electron chi connectivity index (χ4n) is 2.33. The first kappa shape index (κ1) is 23.6. The van der Waals surface area contributed by atoms with Crippen LogP contribution >= 0.6 is 11.9 Å². The summed E-state index contributed by atoms with van der Waals surface area (Å²) < 4.78 is 30.9. The lowest BCUT2D eigenvalue weighted by atomic mass is 10.2. The second-order valence-electron chi connectivity index (χ2n) is 7.49. The molecular formula is C20H32N2O6S. The van der Waals surface area contributed by atoms with E-state index >= 15 is 0 Å². The van der Waals surface area contributed by atoms with Crippen LogP contribution < -0.4 is 19.5 Å². The van der Waals surface area contributed by atoms with Gasteiger partial charge in [0.15, 0.2) is 0 Å². The van der Waals surface area contributed by atoms with E-state index in [-0.39, 0.29) is 6.10 Å². The predicted molar refractivity (Wildman–Crippen MR) is 112 cm³/mol. The number of amides is 1. The number of hydrogen-bond acceptors (Lipinski definition) is 8. The minimum absolute atomic E-state index is 0.113. The van der Waals surface area contributed by atoms with Crippen molar-refractivity contribution in [3.8, 4) is 11.5 Å². The summed E-state index contributed by atoms with van der Waals surface area (Å²) in [4.78, 5) is 12.5. The Balaban J connectivity index is 1.49. The van der Waals surface area contributed by atoms with Crippen molar-refractivity contribution in [1.82, 2.24) is 10.0 Å². The van der Waals surface area contributed by atoms with Gasteiger partial charge in [-0.15, -0.1) is 0 Å². The van der Waals surface area contributed by atoms with E-state index < -0.39 is 11.7 Å². The molecule has 9 heteroatoms. The quantitative estimate of drug-likeness (QED) is 0.434. The fraction of sp³-hybridized carbons (Fsp3) is 0.650. The molecule has 0 saturated heterocycles. The molecule has 1 aromatic carbocycles. The minimum Gasteiger partial charge on any atom is -0.491 e. The van der Waals surface area contributed by atoms with Gasteiger partial charge in [0, 0.05) is 19.2 Å². The first-order valence-corrected chi connectivity index (χ1v) is 10.6. The number of ether oxygens (including phenoxy) is 5. The van der Waals surface area contributed by atoms with Crippen molar-refractivity contribution < 1.29 is 28.5 Å². The van der Waals surface area contributed by atoms with Gasteiger partial charge in [-0.3, -0.25) is 4.72 Å². The van der Waals surface area contributed by atoms with Crippen LogP contribution in [0.15, 0.2) is 23.1 Å². The van der Waals surface area contributed by atoms with Gasteiger partial charge in [-0.05, 0) is 51.8 Å². The summed E-state index contributed by atoms with van der Waals surface area (Å²) in [6.07, 6.45) is -0.330. The highest BCUT2D eigenvalue weighted by molar-refractivity contribution is 7.97. The molecule has 8 nitrogen and oxygen atoms in total. The molecule has 0 fully saturated rings. The minimum atomic E-state index is -0.499. The van der Waals surface area contributed by atoms with Crippen LogP contribution in [0.1, 0.15) is 27.7 Å². The standard InChI is InChI=1S/C20H32N2O6S/c1-15-14-22-29-18-6-5-16(13-17(18)27-15)26-12-11-25-10-9-24-8-7-21-19(23)28-20(2,3)4/h5-6,13,15,22H,7-12,14H2,1-4H3,(H,21,23). The molecule has 1 atom stereocenters. The van der Waals surface area contributed by atoms with Crippen molar-refractivity contribution in [1.29, 1.82) is 0 Å². The van der Waals surface area contributed by atoms with Crippen LogP contribution in [0.25, 0.3) is 0 Å². The van der Waals surface area contributed by atoms with E-state index in [4.69, 9.17) is 23.7 Å². The lowest BCUT2D eigenvalue weighted by Crippen LogP contribution is -2.34. The van der Waals surface area contributed by atoms with Gasteiger partial charge in [0.05, 0.1) is 31.3 Å². The molecule has 1 aliphatic rings. The number of carbonyl (C=O) groups excluding carboxylic acids is 1. The lowest BCUT2D eigenvalue weighted by molar-refractivity contribution is 0.0327. The van der Waals surface area contributed by atoms with E-state index in [2.05, 4.69) is 10.0 Å².